The van der Waals surface area contributed by atoms with Crippen molar-refractivity contribution in [3.63, 3.8) is 0 Å². The molecular weight excluding hydrogens is 414 g/mol. The molecule has 1 aromatic heterocycles. The highest BCUT2D eigenvalue weighted by Crippen LogP contribution is 2.22. The third-order valence-electron chi connectivity index (χ3n) is 4.59. The van der Waals surface area contributed by atoms with Crippen molar-refractivity contribution in [2.45, 2.75) is 11.8 Å². The Balaban J connectivity index is 1.43. The van der Waals surface area contributed by atoms with E-state index in [4.69, 9.17) is 4.42 Å². The van der Waals surface area contributed by atoms with Gasteiger partial charge in [-0.3, -0.25) is 9.52 Å². The maximum absolute atomic E-state index is 12.6. The quantitative estimate of drug-likeness (QED) is 0.459. The molecule has 3 aromatic carbocycles. The number of hydrogen-bond donors (Lipinski definition) is 2. The number of amides is 1. The summed E-state index contributed by atoms with van der Waals surface area (Å²) in [6.07, 6.45) is 2.96. The fourth-order valence-corrected chi connectivity index (χ4v) is 3.96. The second-order valence-corrected chi connectivity index (χ2v) is 8.58. The Kier molecular flexibility index (Phi) is 5.55. The van der Waals surface area contributed by atoms with Crippen LogP contribution in [-0.2, 0) is 10.0 Å². The van der Waals surface area contributed by atoms with E-state index in [0.717, 1.165) is 11.1 Å². The summed E-state index contributed by atoms with van der Waals surface area (Å²) in [6.45, 7) is 1.92. The van der Waals surface area contributed by atoms with E-state index in [1.165, 1.54) is 30.7 Å². The number of nitrogens with zero attached hydrogens (tertiary/aromatic N) is 1. The molecule has 31 heavy (non-hydrogen) atoms. The summed E-state index contributed by atoms with van der Waals surface area (Å²) in [5.41, 5.74) is 3.29. The van der Waals surface area contributed by atoms with E-state index in [1.807, 2.05) is 31.2 Å². The molecule has 0 saturated carbocycles. The first-order valence-electron chi connectivity index (χ1n) is 9.40. The van der Waals surface area contributed by atoms with E-state index in [2.05, 4.69) is 15.0 Å². The molecule has 1 amide bonds. The van der Waals surface area contributed by atoms with Gasteiger partial charge in [-0.25, -0.2) is 13.4 Å². The van der Waals surface area contributed by atoms with Crippen molar-refractivity contribution >= 4 is 27.3 Å². The van der Waals surface area contributed by atoms with E-state index >= 15 is 0 Å². The molecule has 4 aromatic rings. The van der Waals surface area contributed by atoms with Gasteiger partial charge in [0, 0.05) is 22.5 Å². The number of aromatic nitrogens is 1. The molecule has 0 aliphatic carbocycles. The Morgan fingerprint density at radius 3 is 2.13 bits per heavy atom. The summed E-state index contributed by atoms with van der Waals surface area (Å²) in [7, 11) is -3.75. The van der Waals surface area contributed by atoms with Gasteiger partial charge in [-0.05, 0) is 67.6 Å². The summed E-state index contributed by atoms with van der Waals surface area (Å²) >= 11 is 0. The van der Waals surface area contributed by atoms with Crippen LogP contribution in [0.4, 0.5) is 11.4 Å². The minimum atomic E-state index is -3.75. The van der Waals surface area contributed by atoms with E-state index in [1.54, 1.807) is 30.5 Å². The highest BCUT2D eigenvalue weighted by atomic mass is 32.2. The zero-order chi connectivity index (χ0) is 21.8. The van der Waals surface area contributed by atoms with Gasteiger partial charge in [0.25, 0.3) is 15.9 Å². The van der Waals surface area contributed by atoms with Crippen LogP contribution in [0.1, 0.15) is 15.9 Å². The number of anilines is 2. The molecular formula is C23H19N3O4S. The van der Waals surface area contributed by atoms with Gasteiger partial charge in [0.05, 0.1) is 11.1 Å². The Bertz CT molecular complexity index is 1280. The molecule has 0 unspecified atom stereocenters. The second kappa shape index (κ2) is 8.45. The summed E-state index contributed by atoms with van der Waals surface area (Å²) in [5.74, 6) is 0.289. The zero-order valence-electron chi connectivity index (χ0n) is 16.6. The summed E-state index contributed by atoms with van der Waals surface area (Å²) < 4.78 is 32.9. The Labute approximate surface area is 179 Å². The molecule has 0 atom stereocenters. The van der Waals surface area contributed by atoms with Gasteiger partial charge in [0.2, 0.25) is 0 Å². The lowest BCUT2D eigenvalue weighted by Gasteiger charge is -2.10. The molecule has 0 aliphatic rings. The minimum absolute atomic E-state index is 0.0704. The van der Waals surface area contributed by atoms with Crippen LogP contribution in [0, 0.1) is 6.92 Å². The summed E-state index contributed by atoms with van der Waals surface area (Å²) in [5, 5.41) is 2.78. The van der Waals surface area contributed by atoms with E-state index in [0.29, 0.717) is 22.7 Å². The smallest absolute Gasteiger partial charge is 0.261 e. The fraction of sp³-hybridized carbons (Fsp3) is 0.0435. The van der Waals surface area contributed by atoms with Gasteiger partial charge in [-0.15, -0.1) is 0 Å². The maximum atomic E-state index is 12.6. The first kappa shape index (κ1) is 20.4. The number of sulfonamides is 1. The third-order valence-corrected chi connectivity index (χ3v) is 5.99. The van der Waals surface area contributed by atoms with Gasteiger partial charge < -0.3 is 9.73 Å². The molecule has 1 heterocycles. The molecule has 0 spiro atoms. The molecule has 2 N–H and O–H groups in total. The lowest BCUT2D eigenvalue weighted by atomic mass is 10.1. The van der Waals surface area contributed by atoms with E-state index < -0.39 is 10.0 Å². The predicted molar refractivity (Wildman–Crippen MR) is 118 cm³/mol. The van der Waals surface area contributed by atoms with Crippen LogP contribution in [0.2, 0.25) is 0 Å². The minimum Gasteiger partial charge on any atom is -0.444 e. The number of carbonyl (C=O) groups excluding carboxylic acids is 1. The SMILES string of the molecule is Cc1ccc(NS(=O)(=O)c2ccc(C(=O)Nc3ccc(-c4cnco4)cc3)cc2)cc1. The number of benzene rings is 3. The number of rotatable bonds is 6. The predicted octanol–water partition coefficient (Wildman–Crippen LogP) is 4.70. The normalized spacial score (nSPS) is 11.1. The maximum Gasteiger partial charge on any atom is 0.261 e. The Morgan fingerprint density at radius 2 is 1.52 bits per heavy atom. The van der Waals surface area contributed by atoms with Crippen LogP contribution in [0.15, 0.2) is 94.7 Å². The van der Waals surface area contributed by atoms with Crippen LogP contribution in [0.5, 0.6) is 0 Å². The molecule has 0 radical (unpaired) electrons. The van der Waals surface area contributed by atoms with Crippen LogP contribution < -0.4 is 10.0 Å². The summed E-state index contributed by atoms with van der Waals surface area (Å²) in [6, 6.07) is 19.9. The van der Waals surface area contributed by atoms with Crippen molar-refractivity contribution in [3.8, 4) is 11.3 Å². The number of hydrogen-bond acceptors (Lipinski definition) is 5. The Morgan fingerprint density at radius 1 is 0.871 bits per heavy atom. The first-order valence-corrected chi connectivity index (χ1v) is 10.9. The second-order valence-electron chi connectivity index (χ2n) is 6.89. The van der Waals surface area contributed by atoms with Crippen LogP contribution in [0.25, 0.3) is 11.3 Å². The molecule has 7 nitrogen and oxygen atoms in total. The van der Waals surface area contributed by atoms with Gasteiger partial charge >= 0.3 is 0 Å². The highest BCUT2D eigenvalue weighted by molar-refractivity contribution is 7.92. The van der Waals surface area contributed by atoms with Crippen LogP contribution >= 0.6 is 0 Å². The molecule has 0 saturated heterocycles. The van der Waals surface area contributed by atoms with Crippen molar-refractivity contribution < 1.29 is 17.6 Å². The number of oxazole rings is 1. The molecule has 0 aliphatic heterocycles. The highest BCUT2D eigenvalue weighted by Gasteiger charge is 2.15. The van der Waals surface area contributed by atoms with Crippen molar-refractivity contribution in [2.75, 3.05) is 10.0 Å². The Hall–Kier alpha value is -3.91. The lowest BCUT2D eigenvalue weighted by molar-refractivity contribution is 0.102. The molecule has 0 fully saturated rings. The van der Waals surface area contributed by atoms with Gasteiger partial charge in [-0.2, -0.15) is 0 Å². The van der Waals surface area contributed by atoms with Gasteiger partial charge in [0.15, 0.2) is 12.2 Å². The molecule has 4 rings (SSSR count). The van der Waals surface area contributed by atoms with Crippen molar-refractivity contribution in [1.29, 1.82) is 0 Å². The molecule has 156 valence electrons. The van der Waals surface area contributed by atoms with Crippen LogP contribution in [-0.4, -0.2) is 19.3 Å². The number of aryl methyl sites for hydroxylation is 1. The zero-order valence-corrected chi connectivity index (χ0v) is 17.4. The monoisotopic (exact) mass is 433 g/mol. The number of nitrogens with one attached hydrogen (secondary N) is 2. The molecule has 0 bridgehead atoms. The lowest BCUT2D eigenvalue weighted by Crippen LogP contribution is -2.14. The largest absolute Gasteiger partial charge is 0.444 e. The third kappa shape index (κ3) is 4.81. The summed E-state index contributed by atoms with van der Waals surface area (Å²) in [4.78, 5) is 16.5. The van der Waals surface area contributed by atoms with Gasteiger partial charge in [0.1, 0.15) is 0 Å². The van der Waals surface area contributed by atoms with Crippen molar-refractivity contribution in [2.24, 2.45) is 0 Å². The topological polar surface area (TPSA) is 101 Å². The van der Waals surface area contributed by atoms with E-state index in [-0.39, 0.29) is 10.8 Å². The van der Waals surface area contributed by atoms with Crippen molar-refractivity contribution in [3.05, 3.63) is 96.5 Å². The van der Waals surface area contributed by atoms with Gasteiger partial charge in [-0.1, -0.05) is 17.7 Å². The first-order chi connectivity index (χ1) is 14.9. The van der Waals surface area contributed by atoms with E-state index in [9.17, 15) is 13.2 Å². The average molecular weight is 433 g/mol. The van der Waals surface area contributed by atoms with Crippen molar-refractivity contribution in [1.82, 2.24) is 4.98 Å². The average Bonchev–Trinajstić information content (AvgIpc) is 3.31. The molecule has 8 heteroatoms. The van der Waals surface area contributed by atoms with Crippen LogP contribution in [0.3, 0.4) is 0 Å². The number of carbonyl (C=O) groups is 1. The fourth-order valence-electron chi connectivity index (χ4n) is 2.90. The standard InChI is InChI=1S/C23H19N3O4S/c1-16-2-8-20(9-3-16)26-31(28,29)21-12-6-18(7-13-21)23(27)25-19-10-4-17(5-11-19)22-14-24-15-30-22/h2-15,26H,1H3,(H,25,27).